The molecule has 1 heterocycles. The largest absolute Gasteiger partial charge is 0.394 e. The van der Waals surface area contributed by atoms with E-state index in [-0.39, 0.29) is 6.04 Å². The van der Waals surface area contributed by atoms with E-state index in [1.54, 1.807) is 0 Å². The van der Waals surface area contributed by atoms with Gasteiger partial charge in [-0.05, 0) is 0 Å². The molecule has 1 aliphatic heterocycles. The first kappa shape index (κ1) is 12.8. The Hall–Kier alpha value is -0.240. The molecule has 0 amide bonds. The Labute approximate surface area is 88.5 Å². The lowest BCUT2D eigenvalue weighted by Crippen LogP contribution is -2.64. The third-order valence-electron chi connectivity index (χ3n) is 2.43. The normalized spacial score (nSPS) is 42.2. The second-order valence-electron chi connectivity index (χ2n) is 4.08. The lowest BCUT2D eigenvalue weighted by Gasteiger charge is -2.41. The Kier molecular flexibility index (Phi) is 4.45. The van der Waals surface area contributed by atoms with Crippen molar-refractivity contribution in [2.75, 3.05) is 6.61 Å². The van der Waals surface area contributed by atoms with E-state index in [0.717, 1.165) is 0 Å². The van der Waals surface area contributed by atoms with Crippen molar-refractivity contribution in [2.24, 2.45) is 0 Å². The molecule has 5 atom stereocenters. The van der Waals surface area contributed by atoms with Crippen LogP contribution in [0.15, 0.2) is 0 Å². The second-order valence-corrected chi connectivity index (χ2v) is 4.08. The Morgan fingerprint density at radius 2 is 1.80 bits per heavy atom. The van der Waals surface area contributed by atoms with Crippen molar-refractivity contribution in [3.63, 3.8) is 0 Å². The van der Waals surface area contributed by atoms with Crippen molar-refractivity contribution in [2.45, 2.75) is 50.5 Å². The summed E-state index contributed by atoms with van der Waals surface area (Å²) in [6.07, 6.45) is -4.54. The van der Waals surface area contributed by atoms with Crippen LogP contribution in [-0.4, -0.2) is 63.7 Å². The molecule has 1 aliphatic rings. The molecular formula is C9H19NO5. The summed E-state index contributed by atoms with van der Waals surface area (Å²) in [6, 6.07) is -0.705. The first-order valence-electron chi connectivity index (χ1n) is 5.04. The molecule has 5 N–H and O–H groups in total. The first-order chi connectivity index (χ1) is 6.97. The predicted molar refractivity (Wildman–Crippen MR) is 52.0 cm³/mol. The van der Waals surface area contributed by atoms with Crippen molar-refractivity contribution in [3.8, 4) is 0 Å². The van der Waals surface area contributed by atoms with Crippen molar-refractivity contribution < 1.29 is 25.2 Å². The summed E-state index contributed by atoms with van der Waals surface area (Å²) >= 11 is 0. The zero-order chi connectivity index (χ0) is 11.6. The standard InChI is InChI=1S/C9H19NO5/c1-4(2)10-6-8(13)7(12)5(3-11)15-9(6)14/h4-14H,3H2,1-2H3/t5-,6-,7-,8-,9-/m1/s1. The highest BCUT2D eigenvalue weighted by atomic mass is 16.6. The molecule has 15 heavy (non-hydrogen) atoms. The maximum atomic E-state index is 9.69. The monoisotopic (exact) mass is 221 g/mol. The number of nitrogens with one attached hydrogen (secondary N) is 1. The van der Waals surface area contributed by atoms with Crippen LogP contribution in [0.2, 0.25) is 0 Å². The smallest absolute Gasteiger partial charge is 0.173 e. The van der Waals surface area contributed by atoms with Crippen LogP contribution < -0.4 is 5.32 Å². The molecule has 0 aliphatic carbocycles. The molecule has 0 aromatic heterocycles. The van der Waals surface area contributed by atoms with Gasteiger partial charge in [0, 0.05) is 6.04 Å². The fourth-order valence-corrected chi connectivity index (χ4v) is 1.66. The van der Waals surface area contributed by atoms with E-state index in [9.17, 15) is 15.3 Å². The Bertz CT molecular complexity index is 201. The van der Waals surface area contributed by atoms with Gasteiger partial charge in [0.1, 0.15) is 18.3 Å². The number of aliphatic hydroxyl groups is 4. The van der Waals surface area contributed by atoms with Crippen LogP contribution in [0.4, 0.5) is 0 Å². The zero-order valence-corrected chi connectivity index (χ0v) is 8.87. The first-order valence-corrected chi connectivity index (χ1v) is 5.04. The van der Waals surface area contributed by atoms with Gasteiger partial charge in [0.15, 0.2) is 6.29 Å². The number of hydrogen-bond acceptors (Lipinski definition) is 6. The minimum absolute atomic E-state index is 0.0424. The maximum Gasteiger partial charge on any atom is 0.173 e. The van der Waals surface area contributed by atoms with Gasteiger partial charge in [-0.15, -0.1) is 0 Å². The molecule has 0 bridgehead atoms. The lowest BCUT2D eigenvalue weighted by atomic mass is 9.96. The van der Waals surface area contributed by atoms with Gasteiger partial charge in [-0.1, -0.05) is 13.8 Å². The molecule has 6 heteroatoms. The minimum atomic E-state index is -1.23. The van der Waals surface area contributed by atoms with Gasteiger partial charge in [-0.3, -0.25) is 0 Å². The van der Waals surface area contributed by atoms with E-state index in [0.29, 0.717) is 0 Å². The highest BCUT2D eigenvalue weighted by Gasteiger charge is 2.43. The molecule has 1 fully saturated rings. The second kappa shape index (κ2) is 5.20. The summed E-state index contributed by atoms with van der Waals surface area (Å²) in [5, 5.41) is 40.5. The Morgan fingerprint density at radius 3 is 2.27 bits per heavy atom. The highest BCUT2D eigenvalue weighted by molar-refractivity contribution is 4.93. The van der Waals surface area contributed by atoms with E-state index in [1.807, 2.05) is 13.8 Å². The van der Waals surface area contributed by atoms with Crippen LogP contribution in [0.1, 0.15) is 13.8 Å². The van der Waals surface area contributed by atoms with Gasteiger partial charge < -0.3 is 30.5 Å². The van der Waals surface area contributed by atoms with Gasteiger partial charge in [0.05, 0.1) is 12.6 Å². The molecule has 0 saturated carbocycles. The average molecular weight is 221 g/mol. The van der Waals surface area contributed by atoms with Gasteiger partial charge in [-0.25, -0.2) is 0 Å². The molecule has 0 unspecified atom stereocenters. The van der Waals surface area contributed by atoms with E-state index < -0.39 is 37.3 Å². The molecule has 1 saturated heterocycles. The Balaban J connectivity index is 2.66. The molecular weight excluding hydrogens is 202 g/mol. The zero-order valence-electron chi connectivity index (χ0n) is 8.87. The summed E-state index contributed by atoms with van der Waals surface area (Å²) in [5.74, 6) is 0. The molecule has 90 valence electrons. The van der Waals surface area contributed by atoms with Crippen molar-refractivity contribution in [1.29, 1.82) is 0 Å². The molecule has 0 aromatic rings. The van der Waals surface area contributed by atoms with Gasteiger partial charge >= 0.3 is 0 Å². The lowest BCUT2D eigenvalue weighted by molar-refractivity contribution is -0.255. The molecule has 0 spiro atoms. The summed E-state index contributed by atoms with van der Waals surface area (Å²) in [7, 11) is 0. The number of rotatable bonds is 3. The topological polar surface area (TPSA) is 102 Å². The summed E-state index contributed by atoms with van der Waals surface area (Å²) in [5.41, 5.74) is 0. The van der Waals surface area contributed by atoms with E-state index >= 15 is 0 Å². The predicted octanol–water partition coefficient (Wildman–Crippen LogP) is -2.22. The third kappa shape index (κ3) is 2.87. The number of aliphatic hydroxyl groups excluding tert-OH is 4. The fraction of sp³-hybridized carbons (Fsp3) is 1.00. The van der Waals surface area contributed by atoms with Crippen LogP contribution in [0.25, 0.3) is 0 Å². The van der Waals surface area contributed by atoms with Gasteiger partial charge in [-0.2, -0.15) is 0 Å². The Morgan fingerprint density at radius 1 is 1.20 bits per heavy atom. The van der Waals surface area contributed by atoms with E-state index in [2.05, 4.69) is 5.32 Å². The fourth-order valence-electron chi connectivity index (χ4n) is 1.66. The van der Waals surface area contributed by atoms with Gasteiger partial charge in [0.25, 0.3) is 0 Å². The van der Waals surface area contributed by atoms with Crippen molar-refractivity contribution in [1.82, 2.24) is 5.32 Å². The SMILES string of the molecule is CC(C)N[C@@H]1[C@@H](O)[C@H](O)[C@@H](CO)O[C@H]1O. The summed E-state index contributed by atoms with van der Waals surface area (Å²) in [6.45, 7) is 3.26. The average Bonchev–Trinajstić information content (AvgIpc) is 2.18. The molecule has 1 rings (SSSR count). The number of ether oxygens (including phenoxy) is 1. The van der Waals surface area contributed by atoms with Crippen LogP contribution in [0.3, 0.4) is 0 Å². The van der Waals surface area contributed by atoms with Gasteiger partial charge in [0.2, 0.25) is 0 Å². The quantitative estimate of drug-likeness (QED) is 0.370. The van der Waals surface area contributed by atoms with Crippen LogP contribution in [0, 0.1) is 0 Å². The molecule has 0 radical (unpaired) electrons. The third-order valence-corrected chi connectivity index (χ3v) is 2.43. The highest BCUT2D eigenvalue weighted by Crippen LogP contribution is 2.19. The van der Waals surface area contributed by atoms with Crippen LogP contribution in [0.5, 0.6) is 0 Å². The summed E-state index contributed by atoms with van der Waals surface area (Å²) in [4.78, 5) is 0. The minimum Gasteiger partial charge on any atom is -0.394 e. The maximum absolute atomic E-state index is 9.69. The van der Waals surface area contributed by atoms with Crippen molar-refractivity contribution >= 4 is 0 Å². The molecule has 6 nitrogen and oxygen atoms in total. The van der Waals surface area contributed by atoms with Crippen LogP contribution >= 0.6 is 0 Å². The van der Waals surface area contributed by atoms with E-state index in [1.165, 1.54) is 0 Å². The molecule has 0 aromatic carbocycles. The van der Waals surface area contributed by atoms with Crippen LogP contribution in [-0.2, 0) is 4.74 Å². The number of hydrogen-bond donors (Lipinski definition) is 5. The van der Waals surface area contributed by atoms with Crippen molar-refractivity contribution in [3.05, 3.63) is 0 Å². The van der Waals surface area contributed by atoms with E-state index in [4.69, 9.17) is 9.84 Å². The summed E-state index contributed by atoms with van der Waals surface area (Å²) < 4.78 is 4.96.